The second-order valence-electron chi connectivity index (χ2n) is 6.13. The second-order valence-corrected chi connectivity index (χ2v) is 6.13. The Hall–Kier alpha value is -1.86. The van der Waals surface area contributed by atoms with Crippen molar-refractivity contribution in [3.05, 3.63) is 29.8 Å². The van der Waals surface area contributed by atoms with Gasteiger partial charge in [-0.15, -0.1) is 0 Å². The zero-order chi connectivity index (χ0) is 16.9. The van der Waals surface area contributed by atoms with E-state index in [1.807, 2.05) is 0 Å². The van der Waals surface area contributed by atoms with Gasteiger partial charge >= 0.3 is 13.2 Å². The first-order valence-corrected chi connectivity index (χ1v) is 7.03. The number of alkyl carbamates (subject to hydrolysis) is 1. The van der Waals surface area contributed by atoms with Crippen LogP contribution < -0.4 is 10.8 Å². The SMILES string of the molecule is CC(=O)[C@H](Cc1ccc([10B](O)O)cc1)NC(=O)OC(C)(C)C. The van der Waals surface area contributed by atoms with E-state index >= 15 is 0 Å². The zero-order valence-corrected chi connectivity index (χ0v) is 13.3. The number of Topliss-reactive ketones (excluding diaryl/α,β-unsaturated/α-hetero) is 1. The molecule has 0 saturated heterocycles. The maximum Gasteiger partial charge on any atom is 0.488 e. The smallest absolute Gasteiger partial charge is 0.444 e. The minimum atomic E-state index is -1.53. The largest absolute Gasteiger partial charge is 0.488 e. The van der Waals surface area contributed by atoms with Gasteiger partial charge in [0.05, 0.1) is 6.04 Å². The highest BCUT2D eigenvalue weighted by atomic mass is 16.6. The number of carbonyl (C=O) groups excluding carboxylic acids is 2. The van der Waals surface area contributed by atoms with E-state index < -0.39 is 24.9 Å². The molecule has 0 heterocycles. The van der Waals surface area contributed by atoms with Crippen molar-refractivity contribution in [3.63, 3.8) is 0 Å². The van der Waals surface area contributed by atoms with Gasteiger partial charge in [-0.1, -0.05) is 24.3 Å². The molecule has 0 radical (unpaired) electrons. The fraction of sp³-hybridized carbons (Fsp3) is 0.467. The van der Waals surface area contributed by atoms with Crippen LogP contribution in [0.25, 0.3) is 0 Å². The summed E-state index contributed by atoms with van der Waals surface area (Å²) in [7, 11) is -1.53. The molecular weight excluding hydrogens is 284 g/mol. The van der Waals surface area contributed by atoms with Crippen LogP contribution in [0.3, 0.4) is 0 Å². The Morgan fingerprint density at radius 1 is 1.23 bits per heavy atom. The van der Waals surface area contributed by atoms with Crippen molar-refractivity contribution >= 4 is 24.5 Å². The third-order valence-corrected chi connectivity index (χ3v) is 2.90. The van der Waals surface area contributed by atoms with E-state index in [-0.39, 0.29) is 5.78 Å². The summed E-state index contributed by atoms with van der Waals surface area (Å²) in [5.74, 6) is -0.183. The third-order valence-electron chi connectivity index (χ3n) is 2.90. The molecule has 1 aromatic rings. The van der Waals surface area contributed by atoms with Gasteiger partial charge in [-0.2, -0.15) is 0 Å². The molecule has 1 atom stereocenters. The van der Waals surface area contributed by atoms with Gasteiger partial charge in [0.2, 0.25) is 0 Å². The van der Waals surface area contributed by atoms with Gasteiger partial charge in [0.25, 0.3) is 0 Å². The lowest BCUT2D eigenvalue weighted by molar-refractivity contribution is -0.119. The average Bonchev–Trinajstić information content (AvgIpc) is 2.36. The van der Waals surface area contributed by atoms with Crippen LogP contribution in [-0.2, 0) is 16.0 Å². The highest BCUT2D eigenvalue weighted by molar-refractivity contribution is 6.58. The number of ether oxygens (including phenoxy) is 1. The van der Waals surface area contributed by atoms with Crippen LogP contribution >= 0.6 is 0 Å². The number of carbonyl (C=O) groups is 2. The molecule has 22 heavy (non-hydrogen) atoms. The van der Waals surface area contributed by atoms with Crippen LogP contribution in [0.5, 0.6) is 0 Å². The van der Waals surface area contributed by atoms with Gasteiger partial charge in [-0.05, 0) is 45.1 Å². The molecule has 1 rings (SSSR count). The van der Waals surface area contributed by atoms with E-state index in [1.54, 1.807) is 45.0 Å². The fourth-order valence-electron chi connectivity index (χ4n) is 1.81. The van der Waals surface area contributed by atoms with Crippen molar-refractivity contribution in [2.75, 3.05) is 0 Å². The van der Waals surface area contributed by atoms with Crippen LogP contribution in [-0.4, -0.2) is 40.7 Å². The minimum absolute atomic E-state index is 0.183. The van der Waals surface area contributed by atoms with Crippen molar-refractivity contribution in [1.29, 1.82) is 0 Å². The molecule has 0 aliphatic heterocycles. The summed E-state index contributed by atoms with van der Waals surface area (Å²) in [6.07, 6.45) is -0.341. The van der Waals surface area contributed by atoms with Crippen molar-refractivity contribution < 1.29 is 24.4 Å². The Morgan fingerprint density at radius 3 is 2.18 bits per heavy atom. The van der Waals surface area contributed by atoms with E-state index in [0.29, 0.717) is 11.9 Å². The second kappa shape index (κ2) is 7.42. The molecule has 6 nitrogen and oxygen atoms in total. The van der Waals surface area contributed by atoms with E-state index in [0.717, 1.165) is 5.56 Å². The van der Waals surface area contributed by atoms with Crippen LogP contribution in [0.4, 0.5) is 4.79 Å². The molecule has 0 fully saturated rings. The number of rotatable bonds is 5. The topological polar surface area (TPSA) is 95.9 Å². The third kappa shape index (κ3) is 6.28. The first kappa shape index (κ1) is 18.2. The van der Waals surface area contributed by atoms with Gasteiger partial charge in [0, 0.05) is 0 Å². The quantitative estimate of drug-likeness (QED) is 0.684. The predicted octanol–water partition coefficient (Wildman–Crippen LogP) is 0.391. The first-order valence-electron chi connectivity index (χ1n) is 7.03. The summed E-state index contributed by atoms with van der Waals surface area (Å²) in [5.41, 5.74) is 0.522. The van der Waals surface area contributed by atoms with Crippen LogP contribution in [0.2, 0.25) is 0 Å². The number of hydrogen-bond donors (Lipinski definition) is 3. The maximum atomic E-state index is 11.8. The summed E-state index contributed by atoms with van der Waals surface area (Å²) in [6.45, 7) is 6.63. The highest BCUT2D eigenvalue weighted by Crippen LogP contribution is 2.08. The summed E-state index contributed by atoms with van der Waals surface area (Å²) >= 11 is 0. The predicted molar refractivity (Wildman–Crippen MR) is 83.8 cm³/mol. The summed E-state index contributed by atoms with van der Waals surface area (Å²) in [6, 6.07) is 5.79. The normalized spacial score (nSPS) is 12.5. The zero-order valence-electron chi connectivity index (χ0n) is 13.3. The summed E-state index contributed by atoms with van der Waals surface area (Å²) in [4.78, 5) is 23.4. The number of amides is 1. The molecule has 1 amide bonds. The summed E-state index contributed by atoms with van der Waals surface area (Å²) < 4.78 is 5.14. The molecule has 0 unspecified atom stereocenters. The van der Waals surface area contributed by atoms with Crippen LogP contribution in [0.15, 0.2) is 24.3 Å². The monoisotopic (exact) mass is 306 g/mol. The highest BCUT2D eigenvalue weighted by Gasteiger charge is 2.22. The Labute approximate surface area is 130 Å². The van der Waals surface area contributed by atoms with Crippen molar-refractivity contribution in [3.8, 4) is 0 Å². The maximum absolute atomic E-state index is 11.8. The Balaban J connectivity index is 2.72. The van der Waals surface area contributed by atoms with Crippen LogP contribution in [0, 0.1) is 0 Å². The Bertz CT molecular complexity index is 522. The number of hydrogen-bond acceptors (Lipinski definition) is 5. The molecule has 1 aromatic carbocycles. The molecule has 0 saturated carbocycles. The van der Waals surface area contributed by atoms with Crippen molar-refractivity contribution in [2.45, 2.75) is 45.8 Å². The van der Waals surface area contributed by atoms with Gasteiger partial charge in [-0.25, -0.2) is 4.79 Å². The lowest BCUT2D eigenvalue weighted by atomic mass is 9.26. The molecule has 3 N–H and O–H groups in total. The van der Waals surface area contributed by atoms with E-state index in [9.17, 15) is 9.59 Å². The lowest BCUT2D eigenvalue weighted by Crippen LogP contribution is -2.44. The van der Waals surface area contributed by atoms with Crippen LogP contribution in [0.1, 0.15) is 33.3 Å². The number of nitrogens with one attached hydrogen (secondary N) is 1. The average molecular weight is 306 g/mol. The minimum Gasteiger partial charge on any atom is -0.444 e. The molecule has 0 aromatic heterocycles. The lowest BCUT2D eigenvalue weighted by Gasteiger charge is -2.22. The van der Waals surface area contributed by atoms with Crippen molar-refractivity contribution in [2.24, 2.45) is 0 Å². The van der Waals surface area contributed by atoms with Gasteiger partial charge in [-0.3, -0.25) is 4.79 Å². The first-order chi connectivity index (χ1) is 10.1. The van der Waals surface area contributed by atoms with Gasteiger partial charge in [0.15, 0.2) is 5.78 Å². The number of benzene rings is 1. The molecule has 0 spiro atoms. The molecule has 120 valence electrons. The molecule has 0 bridgehead atoms. The Kier molecular flexibility index (Phi) is 6.14. The molecule has 0 aliphatic rings. The van der Waals surface area contributed by atoms with E-state index in [1.165, 1.54) is 6.92 Å². The fourth-order valence-corrected chi connectivity index (χ4v) is 1.81. The van der Waals surface area contributed by atoms with E-state index in [2.05, 4.69) is 5.32 Å². The van der Waals surface area contributed by atoms with Gasteiger partial charge in [0.1, 0.15) is 5.60 Å². The summed E-state index contributed by atoms with van der Waals surface area (Å²) in [5, 5.41) is 20.6. The Morgan fingerprint density at radius 2 is 1.77 bits per heavy atom. The van der Waals surface area contributed by atoms with E-state index in [4.69, 9.17) is 14.8 Å². The molecule has 0 aliphatic carbocycles. The van der Waals surface area contributed by atoms with Crippen molar-refractivity contribution in [1.82, 2.24) is 5.32 Å². The van der Waals surface area contributed by atoms with Gasteiger partial charge < -0.3 is 20.1 Å². The molecular formula is C15H22BNO5. The standard InChI is InChI=1S/C15H22BNO5/c1-10(18)13(17-14(19)22-15(2,3)4)9-11-5-7-12(8-6-11)16(20)21/h5-8,13,20-21H,9H2,1-4H3,(H,17,19)/t13-/m0/s1/i16-1. The molecule has 7 heteroatoms. The number of ketones is 1.